The standard InChI is InChI=1S/C20H20FN3O2/c1-14(15-7-3-2-4-8-15)12-22-20(25)18-11-16(23-24-18)13-26-19-10-6-5-9-17(19)21/h2-11,14H,12-13H2,1H3,(H,22,25)(H,23,24). The highest BCUT2D eigenvalue weighted by Crippen LogP contribution is 2.17. The van der Waals surface area contributed by atoms with Crippen LogP contribution >= 0.6 is 0 Å². The lowest BCUT2D eigenvalue weighted by Crippen LogP contribution is -2.27. The summed E-state index contributed by atoms with van der Waals surface area (Å²) >= 11 is 0. The Bertz CT molecular complexity index is 864. The number of rotatable bonds is 7. The molecule has 0 radical (unpaired) electrons. The van der Waals surface area contributed by atoms with E-state index in [1.165, 1.54) is 6.07 Å². The quantitative estimate of drug-likeness (QED) is 0.681. The van der Waals surface area contributed by atoms with Gasteiger partial charge >= 0.3 is 0 Å². The first-order chi connectivity index (χ1) is 12.6. The van der Waals surface area contributed by atoms with Crippen LogP contribution in [0.25, 0.3) is 0 Å². The number of benzene rings is 2. The molecule has 0 bridgehead atoms. The van der Waals surface area contributed by atoms with Crippen molar-refractivity contribution >= 4 is 5.91 Å². The molecule has 2 N–H and O–H groups in total. The number of carbonyl (C=O) groups is 1. The number of hydrogen-bond acceptors (Lipinski definition) is 3. The van der Waals surface area contributed by atoms with Gasteiger partial charge in [0, 0.05) is 6.54 Å². The van der Waals surface area contributed by atoms with Crippen LogP contribution in [0.1, 0.15) is 34.6 Å². The van der Waals surface area contributed by atoms with Crippen molar-refractivity contribution in [3.05, 3.63) is 83.4 Å². The van der Waals surface area contributed by atoms with E-state index >= 15 is 0 Å². The Hall–Kier alpha value is -3.15. The minimum atomic E-state index is -0.431. The lowest BCUT2D eigenvalue weighted by atomic mass is 10.0. The first kappa shape index (κ1) is 17.7. The van der Waals surface area contributed by atoms with Gasteiger partial charge in [0.15, 0.2) is 11.6 Å². The van der Waals surface area contributed by atoms with Crippen molar-refractivity contribution in [2.45, 2.75) is 19.4 Å². The van der Waals surface area contributed by atoms with Gasteiger partial charge in [-0.2, -0.15) is 5.10 Å². The van der Waals surface area contributed by atoms with Gasteiger partial charge in [-0.15, -0.1) is 0 Å². The zero-order valence-electron chi connectivity index (χ0n) is 14.4. The van der Waals surface area contributed by atoms with Crippen molar-refractivity contribution in [3.8, 4) is 5.75 Å². The van der Waals surface area contributed by atoms with E-state index in [4.69, 9.17) is 4.74 Å². The molecule has 0 fully saturated rings. The molecule has 0 saturated heterocycles. The van der Waals surface area contributed by atoms with E-state index in [1.807, 2.05) is 37.3 Å². The number of H-pyrrole nitrogens is 1. The van der Waals surface area contributed by atoms with Crippen LogP contribution in [0.4, 0.5) is 4.39 Å². The number of nitrogens with zero attached hydrogens (tertiary/aromatic N) is 1. The van der Waals surface area contributed by atoms with Gasteiger partial charge in [0.25, 0.3) is 5.91 Å². The summed E-state index contributed by atoms with van der Waals surface area (Å²) in [5.74, 6) is -0.339. The molecule has 3 aromatic rings. The fraction of sp³-hybridized carbons (Fsp3) is 0.200. The van der Waals surface area contributed by atoms with Gasteiger partial charge in [-0.25, -0.2) is 4.39 Å². The summed E-state index contributed by atoms with van der Waals surface area (Å²) in [4.78, 5) is 12.2. The second-order valence-corrected chi connectivity index (χ2v) is 6.02. The van der Waals surface area contributed by atoms with Gasteiger partial charge in [-0.1, -0.05) is 49.4 Å². The molecular formula is C20H20FN3O2. The number of nitrogens with one attached hydrogen (secondary N) is 2. The summed E-state index contributed by atoms with van der Waals surface area (Å²) in [7, 11) is 0. The Morgan fingerprint density at radius 2 is 1.92 bits per heavy atom. The molecule has 6 heteroatoms. The summed E-state index contributed by atoms with van der Waals surface area (Å²) in [6.07, 6.45) is 0. The highest BCUT2D eigenvalue weighted by molar-refractivity contribution is 5.92. The van der Waals surface area contributed by atoms with Gasteiger partial charge in [0.1, 0.15) is 12.3 Å². The number of para-hydroxylation sites is 1. The number of aromatic amines is 1. The maximum atomic E-state index is 13.5. The molecule has 0 spiro atoms. The molecule has 2 aromatic carbocycles. The molecule has 3 rings (SSSR count). The van der Waals surface area contributed by atoms with E-state index < -0.39 is 5.82 Å². The summed E-state index contributed by atoms with van der Waals surface area (Å²) in [6, 6.07) is 17.7. The molecule has 1 unspecified atom stereocenters. The third kappa shape index (κ3) is 4.47. The van der Waals surface area contributed by atoms with E-state index in [-0.39, 0.29) is 29.9 Å². The summed E-state index contributed by atoms with van der Waals surface area (Å²) in [6.45, 7) is 2.66. The zero-order chi connectivity index (χ0) is 18.4. The van der Waals surface area contributed by atoms with Crippen LogP contribution in [0.3, 0.4) is 0 Å². The van der Waals surface area contributed by atoms with Crippen LogP contribution in [0.15, 0.2) is 60.7 Å². The number of carbonyl (C=O) groups excluding carboxylic acids is 1. The van der Waals surface area contributed by atoms with E-state index in [2.05, 4.69) is 15.5 Å². The van der Waals surface area contributed by atoms with Crippen LogP contribution in [0.5, 0.6) is 5.75 Å². The summed E-state index contributed by atoms with van der Waals surface area (Å²) in [5.41, 5.74) is 2.03. The zero-order valence-corrected chi connectivity index (χ0v) is 14.4. The molecule has 5 nitrogen and oxygen atoms in total. The normalized spacial score (nSPS) is 11.8. The lowest BCUT2D eigenvalue weighted by Gasteiger charge is -2.12. The van der Waals surface area contributed by atoms with E-state index in [1.54, 1.807) is 24.3 Å². The third-order valence-corrected chi connectivity index (χ3v) is 4.02. The van der Waals surface area contributed by atoms with Crippen molar-refractivity contribution in [1.29, 1.82) is 0 Å². The van der Waals surface area contributed by atoms with Crippen LogP contribution in [0.2, 0.25) is 0 Å². The molecule has 1 aromatic heterocycles. The number of ether oxygens (including phenoxy) is 1. The molecule has 0 aliphatic heterocycles. The molecule has 1 amide bonds. The van der Waals surface area contributed by atoms with E-state index in [0.29, 0.717) is 12.2 Å². The monoisotopic (exact) mass is 353 g/mol. The minimum absolute atomic E-state index is 0.0988. The van der Waals surface area contributed by atoms with Gasteiger partial charge in [-0.05, 0) is 29.7 Å². The smallest absolute Gasteiger partial charge is 0.271 e. The van der Waals surface area contributed by atoms with Crippen LogP contribution in [-0.2, 0) is 6.61 Å². The van der Waals surface area contributed by atoms with Crippen molar-refractivity contribution in [2.75, 3.05) is 6.54 Å². The molecule has 0 saturated carbocycles. The molecule has 1 heterocycles. The van der Waals surface area contributed by atoms with Crippen molar-refractivity contribution in [1.82, 2.24) is 15.5 Å². The Labute approximate surface area is 151 Å². The minimum Gasteiger partial charge on any atom is -0.484 e. The number of halogens is 1. The fourth-order valence-electron chi connectivity index (χ4n) is 2.50. The average molecular weight is 353 g/mol. The van der Waals surface area contributed by atoms with E-state index in [0.717, 1.165) is 5.56 Å². The molecule has 1 atom stereocenters. The largest absolute Gasteiger partial charge is 0.484 e. The second kappa shape index (κ2) is 8.29. The van der Waals surface area contributed by atoms with Crippen molar-refractivity contribution < 1.29 is 13.9 Å². The van der Waals surface area contributed by atoms with Crippen LogP contribution in [-0.4, -0.2) is 22.6 Å². The van der Waals surface area contributed by atoms with Crippen LogP contribution in [0, 0.1) is 5.82 Å². The predicted octanol–water partition coefficient (Wildman–Crippen LogP) is 3.66. The average Bonchev–Trinajstić information content (AvgIpc) is 3.15. The predicted molar refractivity (Wildman–Crippen MR) is 96.5 cm³/mol. The number of aromatic nitrogens is 2. The number of hydrogen-bond donors (Lipinski definition) is 2. The van der Waals surface area contributed by atoms with Crippen molar-refractivity contribution in [2.24, 2.45) is 0 Å². The molecule has 0 aliphatic carbocycles. The topological polar surface area (TPSA) is 67.0 Å². The maximum absolute atomic E-state index is 13.5. The maximum Gasteiger partial charge on any atom is 0.271 e. The Kier molecular flexibility index (Phi) is 5.63. The van der Waals surface area contributed by atoms with Crippen molar-refractivity contribution in [3.63, 3.8) is 0 Å². The lowest BCUT2D eigenvalue weighted by molar-refractivity contribution is 0.0946. The first-order valence-corrected chi connectivity index (χ1v) is 8.38. The molecule has 134 valence electrons. The van der Waals surface area contributed by atoms with Gasteiger partial charge in [0.2, 0.25) is 0 Å². The highest BCUT2D eigenvalue weighted by Gasteiger charge is 2.13. The van der Waals surface area contributed by atoms with Gasteiger partial charge in [-0.3, -0.25) is 9.89 Å². The number of amides is 1. The fourth-order valence-corrected chi connectivity index (χ4v) is 2.50. The summed E-state index contributed by atoms with van der Waals surface area (Å²) in [5, 5.41) is 9.60. The molecule has 26 heavy (non-hydrogen) atoms. The van der Waals surface area contributed by atoms with E-state index in [9.17, 15) is 9.18 Å². The van der Waals surface area contributed by atoms with Gasteiger partial charge < -0.3 is 10.1 Å². The second-order valence-electron chi connectivity index (χ2n) is 6.02. The highest BCUT2D eigenvalue weighted by atomic mass is 19.1. The summed E-state index contributed by atoms with van der Waals surface area (Å²) < 4.78 is 18.9. The Morgan fingerprint density at radius 1 is 1.19 bits per heavy atom. The van der Waals surface area contributed by atoms with Gasteiger partial charge in [0.05, 0.1) is 5.69 Å². The molecular weight excluding hydrogens is 333 g/mol. The molecule has 0 aliphatic rings. The Morgan fingerprint density at radius 3 is 2.69 bits per heavy atom. The van der Waals surface area contributed by atoms with Crippen LogP contribution < -0.4 is 10.1 Å². The first-order valence-electron chi connectivity index (χ1n) is 8.38. The third-order valence-electron chi connectivity index (χ3n) is 4.02. The SMILES string of the molecule is CC(CNC(=O)c1cc(COc2ccccc2F)[nH]n1)c1ccccc1. The Balaban J connectivity index is 1.52.